The molecule has 1 amide bonds. The molecule has 2 rings (SSSR count). The van der Waals surface area contributed by atoms with Crippen LogP contribution in [0.15, 0.2) is 24.3 Å². The molecule has 1 heterocycles. The van der Waals surface area contributed by atoms with E-state index in [1.165, 1.54) is 0 Å². The highest BCUT2D eigenvalue weighted by Crippen LogP contribution is 2.13. The number of nitrogens with two attached hydrogens (primary N) is 1. The Balaban J connectivity index is 1.75. The molecule has 1 aliphatic rings. The Labute approximate surface area is 119 Å². The van der Waals surface area contributed by atoms with E-state index >= 15 is 0 Å². The van der Waals surface area contributed by atoms with Gasteiger partial charge in [0, 0.05) is 19.8 Å². The maximum atomic E-state index is 11.9. The van der Waals surface area contributed by atoms with Crippen LogP contribution in [-0.4, -0.2) is 36.8 Å². The Morgan fingerprint density at radius 3 is 2.65 bits per heavy atom. The molecule has 0 aromatic heterocycles. The average molecular weight is 278 g/mol. The Morgan fingerprint density at radius 2 is 2.00 bits per heavy atom. The Kier molecular flexibility index (Phi) is 5.38. The van der Waals surface area contributed by atoms with Crippen molar-refractivity contribution >= 4 is 5.91 Å². The highest BCUT2D eigenvalue weighted by atomic mass is 16.5. The molecule has 1 aromatic carbocycles. The van der Waals surface area contributed by atoms with Crippen LogP contribution in [0.2, 0.25) is 0 Å². The summed E-state index contributed by atoms with van der Waals surface area (Å²) in [6, 6.07) is 6.20. The average Bonchev–Trinajstić information content (AvgIpc) is 2.48. The molecule has 5 heteroatoms. The maximum absolute atomic E-state index is 11.9. The van der Waals surface area contributed by atoms with Crippen molar-refractivity contribution in [2.45, 2.75) is 25.3 Å². The van der Waals surface area contributed by atoms with Crippen molar-refractivity contribution in [3.8, 4) is 5.75 Å². The molecule has 4 N–H and O–H groups in total. The lowest BCUT2D eigenvalue weighted by atomic mass is 10.00. The highest BCUT2D eigenvalue weighted by molar-refractivity contribution is 5.81. The van der Waals surface area contributed by atoms with Crippen LogP contribution in [0.4, 0.5) is 0 Å². The first kappa shape index (κ1) is 14.8. The van der Waals surface area contributed by atoms with E-state index in [2.05, 4.69) is 5.32 Å². The molecule has 1 saturated heterocycles. The van der Waals surface area contributed by atoms with E-state index in [0.29, 0.717) is 18.9 Å². The second-order valence-electron chi connectivity index (χ2n) is 5.28. The maximum Gasteiger partial charge on any atom is 0.237 e. The molecule has 1 fully saturated rings. The first-order chi connectivity index (χ1) is 9.65. The molecular weight excluding hydrogens is 256 g/mol. The van der Waals surface area contributed by atoms with Gasteiger partial charge in [-0.15, -0.1) is 0 Å². The number of ether oxygens (including phenoxy) is 1. The van der Waals surface area contributed by atoms with E-state index in [1.807, 2.05) is 0 Å². The molecular formula is C15H22N2O3. The van der Waals surface area contributed by atoms with Crippen LogP contribution in [0.1, 0.15) is 18.4 Å². The molecule has 1 atom stereocenters. The molecule has 0 radical (unpaired) electrons. The summed E-state index contributed by atoms with van der Waals surface area (Å²) >= 11 is 0. The summed E-state index contributed by atoms with van der Waals surface area (Å²) in [4.78, 5) is 11.9. The van der Waals surface area contributed by atoms with Crippen LogP contribution in [0.3, 0.4) is 0 Å². The third-order valence-electron chi connectivity index (χ3n) is 3.63. The van der Waals surface area contributed by atoms with Gasteiger partial charge >= 0.3 is 0 Å². The molecule has 1 aromatic rings. The lowest BCUT2D eigenvalue weighted by Crippen LogP contribution is -2.44. The lowest BCUT2D eigenvalue weighted by Gasteiger charge is -2.23. The van der Waals surface area contributed by atoms with Gasteiger partial charge < -0.3 is 20.9 Å². The third-order valence-corrected chi connectivity index (χ3v) is 3.63. The number of amides is 1. The van der Waals surface area contributed by atoms with Gasteiger partial charge in [-0.1, -0.05) is 12.1 Å². The lowest BCUT2D eigenvalue weighted by molar-refractivity contribution is -0.122. The van der Waals surface area contributed by atoms with E-state index in [-0.39, 0.29) is 11.7 Å². The number of carbonyl (C=O) groups is 1. The first-order valence-corrected chi connectivity index (χ1v) is 7.04. The summed E-state index contributed by atoms with van der Waals surface area (Å²) in [5.41, 5.74) is 6.84. The van der Waals surface area contributed by atoms with Crippen molar-refractivity contribution in [2.24, 2.45) is 11.7 Å². The van der Waals surface area contributed by atoms with Crippen LogP contribution in [0.25, 0.3) is 0 Å². The smallest absolute Gasteiger partial charge is 0.237 e. The molecule has 0 bridgehead atoms. The zero-order chi connectivity index (χ0) is 14.4. The number of carbonyl (C=O) groups excluding carboxylic acids is 1. The zero-order valence-corrected chi connectivity index (χ0v) is 11.5. The molecule has 5 nitrogen and oxygen atoms in total. The number of phenols is 1. The molecule has 1 aliphatic heterocycles. The normalized spacial score (nSPS) is 17.6. The summed E-state index contributed by atoms with van der Waals surface area (Å²) in [6.45, 7) is 2.23. The predicted molar refractivity (Wildman–Crippen MR) is 76.3 cm³/mol. The molecule has 0 saturated carbocycles. The zero-order valence-electron chi connectivity index (χ0n) is 11.5. The SMILES string of the molecule is N[C@H](Cc1ccc(O)cc1)C(=O)NCC1CCOCC1. The van der Waals surface area contributed by atoms with E-state index < -0.39 is 6.04 Å². The van der Waals surface area contributed by atoms with Gasteiger partial charge in [0.15, 0.2) is 0 Å². The summed E-state index contributed by atoms with van der Waals surface area (Å²) in [6.07, 6.45) is 2.46. The number of rotatable bonds is 5. The summed E-state index contributed by atoms with van der Waals surface area (Å²) in [5.74, 6) is 0.587. The van der Waals surface area contributed by atoms with Crippen molar-refractivity contribution in [1.82, 2.24) is 5.32 Å². The van der Waals surface area contributed by atoms with Crippen molar-refractivity contribution in [3.05, 3.63) is 29.8 Å². The van der Waals surface area contributed by atoms with Gasteiger partial charge in [-0.3, -0.25) is 4.79 Å². The fourth-order valence-corrected chi connectivity index (χ4v) is 2.31. The number of aromatic hydroxyl groups is 1. The number of benzene rings is 1. The van der Waals surface area contributed by atoms with Gasteiger partial charge in [0.1, 0.15) is 5.75 Å². The monoisotopic (exact) mass is 278 g/mol. The topological polar surface area (TPSA) is 84.6 Å². The largest absolute Gasteiger partial charge is 0.508 e. The van der Waals surface area contributed by atoms with E-state index in [1.54, 1.807) is 24.3 Å². The van der Waals surface area contributed by atoms with Gasteiger partial charge in [0.25, 0.3) is 0 Å². The number of hydrogen-bond acceptors (Lipinski definition) is 4. The Hall–Kier alpha value is -1.59. The number of nitrogens with one attached hydrogen (secondary N) is 1. The fourth-order valence-electron chi connectivity index (χ4n) is 2.31. The minimum Gasteiger partial charge on any atom is -0.508 e. The van der Waals surface area contributed by atoms with Crippen LogP contribution in [0.5, 0.6) is 5.75 Å². The highest BCUT2D eigenvalue weighted by Gasteiger charge is 2.18. The minimum absolute atomic E-state index is 0.121. The van der Waals surface area contributed by atoms with E-state index in [4.69, 9.17) is 10.5 Å². The molecule has 0 spiro atoms. The quantitative estimate of drug-likeness (QED) is 0.744. The van der Waals surface area contributed by atoms with Gasteiger partial charge in [-0.25, -0.2) is 0 Å². The van der Waals surface area contributed by atoms with Crippen LogP contribution >= 0.6 is 0 Å². The second-order valence-corrected chi connectivity index (χ2v) is 5.28. The Morgan fingerprint density at radius 1 is 1.35 bits per heavy atom. The first-order valence-electron chi connectivity index (χ1n) is 7.04. The van der Waals surface area contributed by atoms with Gasteiger partial charge in [-0.2, -0.15) is 0 Å². The van der Waals surface area contributed by atoms with Crippen LogP contribution in [0, 0.1) is 5.92 Å². The van der Waals surface area contributed by atoms with Gasteiger partial charge in [0.05, 0.1) is 6.04 Å². The standard InChI is InChI=1S/C15H22N2O3/c16-14(9-11-1-3-13(18)4-2-11)15(19)17-10-12-5-7-20-8-6-12/h1-4,12,14,18H,5-10,16H2,(H,17,19)/t14-/m1/s1. The Bertz CT molecular complexity index is 427. The van der Waals surface area contributed by atoms with Crippen LogP contribution in [-0.2, 0) is 16.0 Å². The minimum atomic E-state index is -0.556. The molecule has 0 unspecified atom stereocenters. The van der Waals surface area contributed by atoms with Gasteiger partial charge in [0.2, 0.25) is 5.91 Å². The van der Waals surface area contributed by atoms with E-state index in [9.17, 15) is 9.90 Å². The third kappa shape index (κ3) is 4.51. The van der Waals surface area contributed by atoms with Crippen LogP contribution < -0.4 is 11.1 Å². The number of hydrogen-bond donors (Lipinski definition) is 3. The fraction of sp³-hybridized carbons (Fsp3) is 0.533. The molecule has 110 valence electrons. The summed E-state index contributed by atoms with van der Waals surface area (Å²) in [7, 11) is 0. The summed E-state index contributed by atoms with van der Waals surface area (Å²) < 4.78 is 5.28. The van der Waals surface area contributed by atoms with E-state index in [0.717, 1.165) is 31.6 Å². The summed E-state index contributed by atoms with van der Waals surface area (Å²) in [5, 5.41) is 12.1. The van der Waals surface area contributed by atoms with Gasteiger partial charge in [-0.05, 0) is 42.9 Å². The predicted octanol–water partition coefficient (Wildman–Crippen LogP) is 0.805. The van der Waals surface area contributed by atoms with Crippen molar-refractivity contribution in [2.75, 3.05) is 19.8 Å². The van der Waals surface area contributed by atoms with Crippen molar-refractivity contribution < 1.29 is 14.6 Å². The number of phenolic OH excluding ortho intramolecular Hbond substituents is 1. The van der Waals surface area contributed by atoms with Crippen molar-refractivity contribution in [3.63, 3.8) is 0 Å². The molecule has 20 heavy (non-hydrogen) atoms. The molecule has 0 aliphatic carbocycles. The second kappa shape index (κ2) is 7.26. The van der Waals surface area contributed by atoms with Crippen molar-refractivity contribution in [1.29, 1.82) is 0 Å².